The maximum absolute atomic E-state index is 13.1. The molecule has 1 amide bonds. The van der Waals surface area contributed by atoms with Crippen LogP contribution in [0.2, 0.25) is 0 Å². The smallest absolute Gasteiger partial charge is 0.253 e. The first-order chi connectivity index (χ1) is 12.2. The monoisotopic (exact) mass is 347 g/mol. The van der Waals surface area contributed by atoms with E-state index >= 15 is 0 Å². The van der Waals surface area contributed by atoms with Gasteiger partial charge in [-0.25, -0.2) is 4.39 Å². The molecule has 0 N–H and O–H groups in total. The maximum Gasteiger partial charge on any atom is 0.253 e. The molecule has 0 spiro atoms. The highest BCUT2D eigenvalue weighted by Crippen LogP contribution is 2.41. The van der Waals surface area contributed by atoms with E-state index in [1.165, 1.54) is 25.0 Å². The average molecular weight is 347 g/mol. The van der Waals surface area contributed by atoms with Crippen molar-refractivity contribution in [3.8, 4) is 0 Å². The number of likely N-dealkylation sites (tertiary alicyclic amines) is 1. The summed E-state index contributed by atoms with van der Waals surface area (Å²) >= 11 is 0. The molecule has 25 heavy (non-hydrogen) atoms. The lowest BCUT2D eigenvalue weighted by Gasteiger charge is -2.50. The van der Waals surface area contributed by atoms with Crippen molar-refractivity contribution in [2.24, 2.45) is 11.3 Å². The second kappa shape index (κ2) is 7.04. The van der Waals surface area contributed by atoms with Gasteiger partial charge in [-0.3, -0.25) is 4.79 Å². The van der Waals surface area contributed by atoms with Crippen molar-refractivity contribution < 1.29 is 18.7 Å². The van der Waals surface area contributed by atoms with Crippen molar-refractivity contribution in [3.63, 3.8) is 0 Å². The number of benzene rings is 1. The Labute approximate surface area is 148 Å². The molecule has 1 aromatic carbocycles. The van der Waals surface area contributed by atoms with Crippen molar-refractivity contribution in [2.75, 3.05) is 32.9 Å². The molecule has 1 aliphatic carbocycles. The Balaban J connectivity index is 1.46. The first-order valence-corrected chi connectivity index (χ1v) is 9.40. The highest BCUT2D eigenvalue weighted by molar-refractivity contribution is 5.94. The number of carbonyl (C=O) groups excluding carboxylic acids is 1. The van der Waals surface area contributed by atoms with Crippen LogP contribution in [0.3, 0.4) is 0 Å². The molecule has 3 aliphatic rings. The molecule has 2 aliphatic heterocycles. The second-order valence-corrected chi connectivity index (χ2v) is 7.81. The molecule has 5 heteroatoms. The standard InChI is InChI=1S/C20H26FNO3/c21-17-6-4-16(5-7-17)19(23)22-10-8-18-20(13-22,9-1-11-25-18)14-24-12-15-2-3-15/h4-7,15,18H,1-3,8-14H2/t18-,20-/m0/s1. The molecule has 0 unspecified atom stereocenters. The number of carbonyl (C=O) groups is 1. The summed E-state index contributed by atoms with van der Waals surface area (Å²) in [7, 11) is 0. The van der Waals surface area contributed by atoms with E-state index in [1.807, 2.05) is 4.90 Å². The Morgan fingerprint density at radius 1 is 1.28 bits per heavy atom. The number of halogens is 1. The minimum Gasteiger partial charge on any atom is -0.380 e. The predicted molar refractivity (Wildman–Crippen MR) is 91.9 cm³/mol. The molecule has 0 radical (unpaired) electrons. The Bertz CT molecular complexity index is 616. The third kappa shape index (κ3) is 3.72. The van der Waals surface area contributed by atoms with Gasteiger partial charge in [-0.05, 0) is 62.3 Å². The zero-order valence-corrected chi connectivity index (χ0v) is 14.6. The molecule has 136 valence electrons. The molecular formula is C20H26FNO3. The third-order valence-electron chi connectivity index (χ3n) is 5.81. The van der Waals surface area contributed by atoms with E-state index in [0.717, 1.165) is 38.4 Å². The van der Waals surface area contributed by atoms with Crippen LogP contribution in [0, 0.1) is 17.2 Å². The lowest BCUT2D eigenvalue weighted by molar-refractivity contribution is -0.147. The van der Waals surface area contributed by atoms with Gasteiger partial charge in [0.1, 0.15) is 5.82 Å². The lowest BCUT2D eigenvalue weighted by Crippen LogP contribution is -2.58. The number of hydrogen-bond donors (Lipinski definition) is 0. The van der Waals surface area contributed by atoms with E-state index in [1.54, 1.807) is 12.1 Å². The molecule has 4 nitrogen and oxygen atoms in total. The topological polar surface area (TPSA) is 38.8 Å². The highest BCUT2D eigenvalue weighted by Gasteiger charge is 2.47. The fourth-order valence-corrected chi connectivity index (χ4v) is 4.16. The van der Waals surface area contributed by atoms with Gasteiger partial charge in [0.25, 0.3) is 5.91 Å². The van der Waals surface area contributed by atoms with E-state index < -0.39 is 0 Å². The molecule has 1 aromatic rings. The molecule has 2 atom stereocenters. The van der Waals surface area contributed by atoms with Gasteiger partial charge in [-0.2, -0.15) is 0 Å². The molecule has 2 saturated heterocycles. The summed E-state index contributed by atoms with van der Waals surface area (Å²) in [4.78, 5) is 14.7. The summed E-state index contributed by atoms with van der Waals surface area (Å²) in [6.07, 6.45) is 5.64. The summed E-state index contributed by atoms with van der Waals surface area (Å²) in [5.41, 5.74) is 0.451. The van der Waals surface area contributed by atoms with Crippen LogP contribution in [0.15, 0.2) is 24.3 Å². The van der Waals surface area contributed by atoms with Crippen molar-refractivity contribution in [1.29, 1.82) is 0 Å². The van der Waals surface area contributed by atoms with Crippen LogP contribution in [0.25, 0.3) is 0 Å². The minimum absolute atomic E-state index is 0.0226. The number of fused-ring (bicyclic) bond motifs is 1. The van der Waals surface area contributed by atoms with Gasteiger partial charge in [-0.15, -0.1) is 0 Å². The van der Waals surface area contributed by atoms with E-state index in [2.05, 4.69) is 0 Å². The molecule has 1 saturated carbocycles. The van der Waals surface area contributed by atoms with Crippen LogP contribution in [-0.2, 0) is 9.47 Å². The van der Waals surface area contributed by atoms with Gasteiger partial charge in [0.15, 0.2) is 0 Å². The largest absolute Gasteiger partial charge is 0.380 e. The van der Waals surface area contributed by atoms with Gasteiger partial charge in [-0.1, -0.05) is 0 Å². The lowest BCUT2D eigenvalue weighted by atomic mass is 9.73. The van der Waals surface area contributed by atoms with Crippen LogP contribution in [-0.4, -0.2) is 49.8 Å². The van der Waals surface area contributed by atoms with E-state index in [-0.39, 0.29) is 23.2 Å². The van der Waals surface area contributed by atoms with E-state index in [9.17, 15) is 9.18 Å². The van der Waals surface area contributed by atoms with Crippen LogP contribution >= 0.6 is 0 Å². The maximum atomic E-state index is 13.1. The summed E-state index contributed by atoms with van der Waals surface area (Å²) in [6.45, 7) is 3.66. The molecular weight excluding hydrogens is 321 g/mol. The Morgan fingerprint density at radius 3 is 2.84 bits per heavy atom. The molecule has 0 bridgehead atoms. The summed E-state index contributed by atoms with van der Waals surface area (Å²) in [6, 6.07) is 5.82. The third-order valence-corrected chi connectivity index (χ3v) is 5.81. The molecule has 3 fully saturated rings. The van der Waals surface area contributed by atoms with Crippen LogP contribution in [0.1, 0.15) is 42.5 Å². The number of piperidine rings is 1. The molecule has 4 rings (SSSR count). The Morgan fingerprint density at radius 2 is 2.08 bits per heavy atom. The highest BCUT2D eigenvalue weighted by atomic mass is 19.1. The van der Waals surface area contributed by atoms with Crippen molar-refractivity contribution >= 4 is 5.91 Å². The van der Waals surface area contributed by atoms with Gasteiger partial charge >= 0.3 is 0 Å². The van der Waals surface area contributed by atoms with Gasteiger partial charge in [0.2, 0.25) is 0 Å². The molecule has 2 heterocycles. The zero-order valence-electron chi connectivity index (χ0n) is 14.6. The average Bonchev–Trinajstić information content (AvgIpc) is 3.45. The molecule has 0 aromatic heterocycles. The Hall–Kier alpha value is -1.46. The fourth-order valence-electron chi connectivity index (χ4n) is 4.16. The van der Waals surface area contributed by atoms with E-state index in [0.29, 0.717) is 25.3 Å². The summed E-state index contributed by atoms with van der Waals surface area (Å²) in [5.74, 6) is 0.395. The number of nitrogens with zero attached hydrogens (tertiary/aromatic N) is 1. The first-order valence-electron chi connectivity index (χ1n) is 9.40. The summed E-state index contributed by atoms with van der Waals surface area (Å²) in [5, 5.41) is 0. The number of hydrogen-bond acceptors (Lipinski definition) is 3. The van der Waals surface area contributed by atoms with Gasteiger partial charge in [0.05, 0.1) is 12.7 Å². The predicted octanol–water partition coefficient (Wildman–Crippen LogP) is 3.26. The van der Waals surface area contributed by atoms with Gasteiger partial charge < -0.3 is 14.4 Å². The SMILES string of the molecule is O=C(c1ccc(F)cc1)N1CC[C@@H]2OCCC[C@@]2(COCC2CC2)C1. The van der Waals surface area contributed by atoms with Crippen LogP contribution in [0.5, 0.6) is 0 Å². The summed E-state index contributed by atoms with van der Waals surface area (Å²) < 4.78 is 25.2. The quantitative estimate of drug-likeness (QED) is 0.821. The van der Waals surface area contributed by atoms with Crippen molar-refractivity contribution in [1.82, 2.24) is 4.90 Å². The Kier molecular flexibility index (Phi) is 4.78. The van der Waals surface area contributed by atoms with Crippen LogP contribution < -0.4 is 0 Å². The minimum atomic E-state index is -0.319. The first kappa shape index (κ1) is 17.0. The zero-order chi connectivity index (χ0) is 17.3. The second-order valence-electron chi connectivity index (χ2n) is 7.81. The van der Waals surface area contributed by atoms with Crippen molar-refractivity contribution in [3.05, 3.63) is 35.6 Å². The van der Waals surface area contributed by atoms with Crippen LogP contribution in [0.4, 0.5) is 4.39 Å². The van der Waals surface area contributed by atoms with Gasteiger partial charge in [0, 0.05) is 37.3 Å². The van der Waals surface area contributed by atoms with E-state index in [4.69, 9.17) is 9.47 Å². The number of rotatable bonds is 5. The van der Waals surface area contributed by atoms with Crippen molar-refractivity contribution in [2.45, 2.75) is 38.2 Å². The normalized spacial score (nSPS) is 29.3. The number of amides is 1. The number of ether oxygens (including phenoxy) is 2. The fraction of sp³-hybridized carbons (Fsp3) is 0.650.